The SMILES string of the molecule is C[C@@H](CO)N[C@H]1CCCSC1. The first-order chi connectivity index (χ1) is 5.33. The standard InChI is InChI=1S/C8H17NOS/c1-7(5-10)9-8-3-2-4-11-6-8/h7-10H,2-6H2,1H3/t7-,8-/m0/s1. The van der Waals surface area contributed by atoms with Gasteiger partial charge in [0, 0.05) is 17.8 Å². The maximum absolute atomic E-state index is 8.80. The maximum atomic E-state index is 8.80. The van der Waals surface area contributed by atoms with Gasteiger partial charge in [-0.15, -0.1) is 0 Å². The fourth-order valence-corrected chi connectivity index (χ4v) is 2.41. The summed E-state index contributed by atoms with van der Waals surface area (Å²) in [5.41, 5.74) is 0. The van der Waals surface area contributed by atoms with Crippen molar-refractivity contribution in [2.45, 2.75) is 31.8 Å². The number of hydrogen-bond acceptors (Lipinski definition) is 3. The summed E-state index contributed by atoms with van der Waals surface area (Å²) < 4.78 is 0. The van der Waals surface area contributed by atoms with Crippen molar-refractivity contribution in [3.63, 3.8) is 0 Å². The molecule has 0 aromatic rings. The van der Waals surface area contributed by atoms with Crippen LogP contribution in [0.2, 0.25) is 0 Å². The summed E-state index contributed by atoms with van der Waals surface area (Å²) in [6.07, 6.45) is 2.60. The number of rotatable bonds is 3. The highest BCUT2D eigenvalue weighted by molar-refractivity contribution is 7.99. The summed E-state index contributed by atoms with van der Waals surface area (Å²) in [6.45, 7) is 2.28. The molecule has 0 saturated carbocycles. The number of thioether (sulfide) groups is 1. The van der Waals surface area contributed by atoms with Crippen LogP contribution < -0.4 is 5.32 Å². The highest BCUT2D eigenvalue weighted by Gasteiger charge is 2.14. The summed E-state index contributed by atoms with van der Waals surface area (Å²) in [7, 11) is 0. The van der Waals surface area contributed by atoms with Gasteiger partial charge in [0.15, 0.2) is 0 Å². The van der Waals surface area contributed by atoms with Crippen molar-refractivity contribution in [1.82, 2.24) is 5.32 Å². The summed E-state index contributed by atoms with van der Waals surface area (Å²) in [5.74, 6) is 2.52. The Bertz CT molecular complexity index is 104. The molecule has 3 heteroatoms. The Hall–Kier alpha value is 0.270. The van der Waals surface area contributed by atoms with Crippen LogP contribution in [0, 0.1) is 0 Å². The third-order valence-corrected chi connectivity index (χ3v) is 3.17. The Morgan fingerprint density at radius 3 is 3.09 bits per heavy atom. The predicted octanol–water partition coefficient (Wildman–Crippen LogP) is 0.852. The van der Waals surface area contributed by atoms with E-state index in [0.717, 1.165) is 0 Å². The molecule has 2 nitrogen and oxygen atoms in total. The third-order valence-electron chi connectivity index (χ3n) is 1.95. The molecule has 1 rings (SSSR count). The first kappa shape index (κ1) is 9.36. The van der Waals surface area contributed by atoms with Crippen LogP contribution in [-0.4, -0.2) is 35.3 Å². The molecule has 0 aromatic heterocycles. The van der Waals surface area contributed by atoms with Crippen LogP contribution in [0.4, 0.5) is 0 Å². The topological polar surface area (TPSA) is 32.3 Å². The van der Waals surface area contributed by atoms with E-state index in [4.69, 9.17) is 5.11 Å². The Morgan fingerprint density at radius 2 is 2.55 bits per heavy atom. The fraction of sp³-hybridized carbons (Fsp3) is 1.00. The molecule has 0 bridgehead atoms. The van der Waals surface area contributed by atoms with Gasteiger partial charge in [-0.2, -0.15) is 11.8 Å². The molecule has 1 aliphatic rings. The molecule has 2 atom stereocenters. The van der Waals surface area contributed by atoms with Gasteiger partial charge in [0.1, 0.15) is 0 Å². The van der Waals surface area contributed by atoms with E-state index in [2.05, 4.69) is 5.32 Å². The van der Waals surface area contributed by atoms with Crippen LogP contribution in [-0.2, 0) is 0 Å². The summed E-state index contributed by atoms with van der Waals surface area (Å²) in [6, 6.07) is 0.898. The summed E-state index contributed by atoms with van der Waals surface area (Å²) >= 11 is 2.01. The van der Waals surface area contributed by atoms with Crippen LogP contribution in [0.25, 0.3) is 0 Å². The van der Waals surface area contributed by atoms with Crippen molar-refractivity contribution in [2.75, 3.05) is 18.1 Å². The Morgan fingerprint density at radius 1 is 1.73 bits per heavy atom. The largest absolute Gasteiger partial charge is 0.395 e. The van der Waals surface area contributed by atoms with E-state index in [9.17, 15) is 0 Å². The van der Waals surface area contributed by atoms with Crippen molar-refractivity contribution in [3.05, 3.63) is 0 Å². The second kappa shape index (κ2) is 5.01. The molecule has 66 valence electrons. The van der Waals surface area contributed by atoms with Crippen LogP contribution >= 0.6 is 11.8 Å². The minimum absolute atomic E-state index is 0.251. The molecule has 0 radical (unpaired) electrons. The van der Waals surface area contributed by atoms with E-state index in [-0.39, 0.29) is 12.6 Å². The zero-order valence-corrected chi connectivity index (χ0v) is 7.86. The van der Waals surface area contributed by atoms with Crippen molar-refractivity contribution in [1.29, 1.82) is 0 Å². The average molecular weight is 175 g/mol. The quantitative estimate of drug-likeness (QED) is 0.667. The second-order valence-corrected chi connectivity index (χ2v) is 4.31. The van der Waals surface area contributed by atoms with Crippen molar-refractivity contribution >= 4 is 11.8 Å². The molecule has 0 aromatic carbocycles. The van der Waals surface area contributed by atoms with E-state index < -0.39 is 0 Å². The lowest BCUT2D eigenvalue weighted by Crippen LogP contribution is -2.41. The molecule has 0 unspecified atom stereocenters. The molecule has 1 heterocycles. The van der Waals surface area contributed by atoms with E-state index in [1.807, 2.05) is 18.7 Å². The lowest BCUT2D eigenvalue weighted by Gasteiger charge is -2.25. The number of hydrogen-bond donors (Lipinski definition) is 2. The van der Waals surface area contributed by atoms with Crippen LogP contribution in [0.5, 0.6) is 0 Å². The number of aliphatic hydroxyl groups is 1. The molecular formula is C8H17NOS. The maximum Gasteiger partial charge on any atom is 0.0582 e. The molecule has 0 aliphatic carbocycles. The van der Waals surface area contributed by atoms with Crippen LogP contribution in [0.15, 0.2) is 0 Å². The molecule has 1 fully saturated rings. The molecular weight excluding hydrogens is 158 g/mol. The van der Waals surface area contributed by atoms with Crippen LogP contribution in [0.3, 0.4) is 0 Å². The van der Waals surface area contributed by atoms with Gasteiger partial charge in [-0.05, 0) is 25.5 Å². The summed E-state index contributed by atoms with van der Waals surface area (Å²) in [4.78, 5) is 0. The number of aliphatic hydroxyl groups excluding tert-OH is 1. The van der Waals surface area contributed by atoms with Gasteiger partial charge in [0.25, 0.3) is 0 Å². The van der Waals surface area contributed by atoms with E-state index >= 15 is 0 Å². The minimum Gasteiger partial charge on any atom is -0.395 e. The molecule has 0 spiro atoms. The Kier molecular flexibility index (Phi) is 4.26. The van der Waals surface area contributed by atoms with E-state index in [0.29, 0.717) is 6.04 Å². The van der Waals surface area contributed by atoms with Gasteiger partial charge >= 0.3 is 0 Å². The molecule has 1 saturated heterocycles. The second-order valence-electron chi connectivity index (χ2n) is 3.16. The van der Waals surface area contributed by atoms with Gasteiger partial charge in [-0.1, -0.05) is 0 Å². The van der Waals surface area contributed by atoms with E-state index in [1.54, 1.807) is 0 Å². The molecule has 1 aliphatic heterocycles. The van der Waals surface area contributed by atoms with Gasteiger partial charge < -0.3 is 10.4 Å². The zero-order valence-electron chi connectivity index (χ0n) is 7.05. The highest BCUT2D eigenvalue weighted by Crippen LogP contribution is 2.16. The highest BCUT2D eigenvalue weighted by atomic mass is 32.2. The van der Waals surface area contributed by atoms with Gasteiger partial charge in [0.2, 0.25) is 0 Å². The smallest absolute Gasteiger partial charge is 0.0582 e. The Balaban J connectivity index is 2.13. The van der Waals surface area contributed by atoms with Gasteiger partial charge in [0.05, 0.1) is 6.61 Å². The fourth-order valence-electron chi connectivity index (χ4n) is 1.33. The van der Waals surface area contributed by atoms with Crippen molar-refractivity contribution in [2.24, 2.45) is 0 Å². The van der Waals surface area contributed by atoms with Crippen LogP contribution in [0.1, 0.15) is 19.8 Å². The van der Waals surface area contributed by atoms with Crippen molar-refractivity contribution in [3.8, 4) is 0 Å². The van der Waals surface area contributed by atoms with Crippen molar-refractivity contribution < 1.29 is 5.11 Å². The normalized spacial score (nSPS) is 28.4. The van der Waals surface area contributed by atoms with Gasteiger partial charge in [-0.3, -0.25) is 0 Å². The van der Waals surface area contributed by atoms with Gasteiger partial charge in [-0.25, -0.2) is 0 Å². The lowest BCUT2D eigenvalue weighted by molar-refractivity contribution is 0.241. The predicted molar refractivity (Wildman–Crippen MR) is 50.0 cm³/mol. The molecule has 11 heavy (non-hydrogen) atoms. The Labute approximate surface area is 72.8 Å². The van der Waals surface area contributed by atoms with E-state index in [1.165, 1.54) is 24.3 Å². The first-order valence-electron chi connectivity index (χ1n) is 4.27. The zero-order chi connectivity index (χ0) is 8.10. The third kappa shape index (κ3) is 3.45. The first-order valence-corrected chi connectivity index (χ1v) is 5.43. The summed E-state index contributed by atoms with van der Waals surface area (Å²) in [5, 5.41) is 12.2. The lowest BCUT2D eigenvalue weighted by atomic mass is 10.1. The monoisotopic (exact) mass is 175 g/mol. The average Bonchev–Trinajstić information content (AvgIpc) is 2.06. The number of nitrogens with one attached hydrogen (secondary N) is 1. The minimum atomic E-state index is 0.251. The molecule has 2 N–H and O–H groups in total. The molecule has 0 amide bonds.